The van der Waals surface area contributed by atoms with Crippen LogP contribution < -0.4 is 20.3 Å². The fourth-order valence-corrected chi connectivity index (χ4v) is 2.04. The Morgan fingerprint density at radius 1 is 1.08 bits per heavy atom. The maximum absolute atomic E-state index is 12.8. The highest BCUT2D eigenvalue weighted by Gasteiger charge is 2.15. The Balaban J connectivity index is 1.68. The molecule has 0 aliphatic rings. The third kappa shape index (κ3) is 6.08. The molecule has 2 rings (SSSR count). The number of halogens is 1. The molecule has 0 spiro atoms. The highest BCUT2D eigenvalue weighted by Crippen LogP contribution is 2.16. The zero-order chi connectivity index (χ0) is 18.9. The average Bonchev–Trinajstić information content (AvgIpc) is 2.63. The van der Waals surface area contributed by atoms with Gasteiger partial charge in [0.2, 0.25) is 5.91 Å². The predicted molar refractivity (Wildman–Crippen MR) is 94.1 cm³/mol. The molecule has 6 nitrogen and oxygen atoms in total. The van der Waals surface area contributed by atoms with Gasteiger partial charge >= 0.3 is 0 Å². The Kier molecular flexibility index (Phi) is 6.96. The monoisotopic (exact) mass is 360 g/mol. The van der Waals surface area contributed by atoms with E-state index in [1.54, 1.807) is 0 Å². The van der Waals surface area contributed by atoms with Crippen LogP contribution in [0.1, 0.15) is 18.9 Å². The van der Waals surface area contributed by atoms with Crippen LogP contribution in [0.2, 0.25) is 0 Å². The Labute approximate surface area is 151 Å². The van der Waals surface area contributed by atoms with Gasteiger partial charge in [-0.25, -0.2) is 4.39 Å². The molecule has 2 amide bonds. The van der Waals surface area contributed by atoms with E-state index < -0.39 is 17.8 Å². The van der Waals surface area contributed by atoms with E-state index in [9.17, 15) is 14.0 Å². The minimum Gasteiger partial charge on any atom is -0.493 e. The normalized spacial score (nSPS) is 11.3. The number of aryl methyl sites for hydroxylation is 1. The van der Waals surface area contributed by atoms with Crippen molar-refractivity contribution in [1.29, 1.82) is 0 Å². The first kappa shape index (κ1) is 19.2. The predicted octanol–water partition coefficient (Wildman–Crippen LogP) is 2.52. The van der Waals surface area contributed by atoms with Crippen molar-refractivity contribution in [3.05, 3.63) is 59.9 Å². The molecule has 2 N–H and O–H groups in total. The van der Waals surface area contributed by atoms with E-state index in [1.165, 1.54) is 31.2 Å². The molecule has 138 valence electrons. The number of hydrazine groups is 1. The summed E-state index contributed by atoms with van der Waals surface area (Å²) in [4.78, 5) is 23.7. The first-order valence-corrected chi connectivity index (χ1v) is 8.15. The topological polar surface area (TPSA) is 76.7 Å². The van der Waals surface area contributed by atoms with E-state index in [-0.39, 0.29) is 18.9 Å². The molecule has 0 heterocycles. The molecular weight excluding hydrogens is 339 g/mol. The minimum atomic E-state index is -0.857. The van der Waals surface area contributed by atoms with Crippen LogP contribution in [-0.2, 0) is 9.59 Å². The van der Waals surface area contributed by atoms with Crippen molar-refractivity contribution in [2.45, 2.75) is 26.4 Å². The number of carbonyl (C=O) groups excluding carboxylic acids is 2. The second-order valence-corrected chi connectivity index (χ2v) is 5.62. The molecule has 0 aliphatic heterocycles. The number of ether oxygens (including phenoxy) is 2. The van der Waals surface area contributed by atoms with E-state index in [1.807, 2.05) is 31.2 Å². The summed E-state index contributed by atoms with van der Waals surface area (Å²) in [5, 5.41) is 0. The quantitative estimate of drug-likeness (QED) is 0.744. The van der Waals surface area contributed by atoms with E-state index in [2.05, 4.69) is 10.9 Å². The minimum absolute atomic E-state index is 0.0851. The lowest BCUT2D eigenvalue weighted by Crippen LogP contribution is -2.47. The van der Waals surface area contributed by atoms with E-state index in [0.717, 1.165) is 5.56 Å². The smallest absolute Gasteiger partial charge is 0.279 e. The van der Waals surface area contributed by atoms with Crippen molar-refractivity contribution in [3.8, 4) is 11.5 Å². The Morgan fingerprint density at radius 2 is 1.77 bits per heavy atom. The van der Waals surface area contributed by atoms with Gasteiger partial charge < -0.3 is 9.47 Å². The SMILES string of the molecule is Cc1ccccc1OCCC(=O)NNC(=O)[C@H](C)Oc1ccc(F)cc1. The summed E-state index contributed by atoms with van der Waals surface area (Å²) in [5.41, 5.74) is 5.56. The van der Waals surface area contributed by atoms with Crippen molar-refractivity contribution in [3.63, 3.8) is 0 Å². The lowest BCUT2D eigenvalue weighted by Gasteiger charge is -2.15. The van der Waals surface area contributed by atoms with Crippen molar-refractivity contribution >= 4 is 11.8 Å². The van der Waals surface area contributed by atoms with E-state index >= 15 is 0 Å². The molecule has 0 aromatic heterocycles. The van der Waals surface area contributed by atoms with Crippen molar-refractivity contribution in [2.75, 3.05) is 6.61 Å². The van der Waals surface area contributed by atoms with Crippen molar-refractivity contribution in [2.24, 2.45) is 0 Å². The van der Waals surface area contributed by atoms with Crippen molar-refractivity contribution < 1.29 is 23.5 Å². The molecule has 0 saturated heterocycles. The van der Waals surface area contributed by atoms with Crippen LogP contribution in [0, 0.1) is 12.7 Å². The molecule has 0 bridgehead atoms. The van der Waals surface area contributed by atoms with Gasteiger partial charge in [-0.1, -0.05) is 18.2 Å². The van der Waals surface area contributed by atoms with Crippen LogP contribution in [0.4, 0.5) is 4.39 Å². The van der Waals surface area contributed by atoms with Crippen LogP contribution in [-0.4, -0.2) is 24.5 Å². The molecule has 2 aromatic carbocycles. The van der Waals surface area contributed by atoms with Gasteiger partial charge in [0, 0.05) is 0 Å². The number of rotatable bonds is 7. The lowest BCUT2D eigenvalue weighted by molar-refractivity contribution is -0.132. The first-order valence-electron chi connectivity index (χ1n) is 8.15. The molecule has 0 radical (unpaired) electrons. The Bertz CT molecular complexity index is 749. The number of hydrogen-bond acceptors (Lipinski definition) is 4. The highest BCUT2D eigenvalue weighted by atomic mass is 19.1. The summed E-state index contributed by atoms with van der Waals surface area (Å²) < 4.78 is 23.7. The highest BCUT2D eigenvalue weighted by molar-refractivity contribution is 5.84. The summed E-state index contributed by atoms with van der Waals surface area (Å²) >= 11 is 0. The zero-order valence-electron chi connectivity index (χ0n) is 14.6. The number of amides is 2. The number of carbonyl (C=O) groups is 2. The number of benzene rings is 2. The van der Waals surface area contributed by atoms with Crippen LogP contribution in [0.5, 0.6) is 11.5 Å². The van der Waals surface area contributed by atoms with Crippen LogP contribution in [0.25, 0.3) is 0 Å². The summed E-state index contributed by atoms with van der Waals surface area (Å²) in [6.07, 6.45) is -0.772. The third-order valence-electron chi connectivity index (χ3n) is 3.50. The average molecular weight is 360 g/mol. The van der Waals surface area contributed by atoms with Crippen LogP contribution >= 0.6 is 0 Å². The summed E-state index contributed by atoms with van der Waals surface area (Å²) in [6, 6.07) is 12.8. The third-order valence-corrected chi connectivity index (χ3v) is 3.50. The van der Waals surface area contributed by atoms with Crippen LogP contribution in [0.15, 0.2) is 48.5 Å². The summed E-state index contributed by atoms with van der Waals surface area (Å²) in [7, 11) is 0. The Hall–Kier alpha value is -3.09. The lowest BCUT2D eigenvalue weighted by atomic mass is 10.2. The molecule has 7 heteroatoms. The molecular formula is C19H21FN2O4. The second-order valence-electron chi connectivity index (χ2n) is 5.62. The van der Waals surface area contributed by atoms with E-state index in [0.29, 0.717) is 11.5 Å². The molecule has 0 fully saturated rings. The first-order chi connectivity index (χ1) is 12.5. The maximum atomic E-state index is 12.8. The van der Waals surface area contributed by atoms with Gasteiger partial charge in [0.05, 0.1) is 13.0 Å². The summed E-state index contributed by atoms with van der Waals surface area (Å²) in [5.74, 6) is -0.240. The fourth-order valence-electron chi connectivity index (χ4n) is 2.04. The summed E-state index contributed by atoms with van der Waals surface area (Å²) in [6.45, 7) is 3.62. The van der Waals surface area contributed by atoms with Gasteiger partial charge in [-0.2, -0.15) is 0 Å². The Morgan fingerprint density at radius 3 is 2.46 bits per heavy atom. The van der Waals surface area contributed by atoms with Gasteiger partial charge in [-0.15, -0.1) is 0 Å². The molecule has 1 atom stereocenters. The van der Waals surface area contributed by atoms with Gasteiger partial charge in [-0.05, 0) is 49.7 Å². The zero-order valence-corrected chi connectivity index (χ0v) is 14.6. The molecule has 0 unspecified atom stereocenters. The largest absolute Gasteiger partial charge is 0.493 e. The number of para-hydroxylation sites is 1. The van der Waals surface area contributed by atoms with Gasteiger partial charge in [0.15, 0.2) is 6.10 Å². The molecule has 0 aliphatic carbocycles. The van der Waals surface area contributed by atoms with E-state index in [4.69, 9.17) is 9.47 Å². The van der Waals surface area contributed by atoms with Gasteiger partial charge in [0.1, 0.15) is 17.3 Å². The number of hydrogen-bond donors (Lipinski definition) is 2. The van der Waals surface area contributed by atoms with Crippen LogP contribution in [0.3, 0.4) is 0 Å². The standard InChI is InChI=1S/C19H21FN2O4/c1-13-5-3-4-6-17(13)25-12-11-18(23)21-22-19(24)14(2)26-16-9-7-15(20)8-10-16/h3-10,14H,11-12H2,1-2H3,(H,21,23)(H,22,24)/t14-/m0/s1. The second kappa shape index (κ2) is 9.41. The molecule has 2 aromatic rings. The molecule has 26 heavy (non-hydrogen) atoms. The maximum Gasteiger partial charge on any atom is 0.279 e. The fraction of sp³-hybridized carbons (Fsp3) is 0.263. The van der Waals surface area contributed by atoms with Crippen molar-refractivity contribution in [1.82, 2.24) is 10.9 Å². The van der Waals surface area contributed by atoms with Gasteiger partial charge in [-0.3, -0.25) is 20.4 Å². The van der Waals surface area contributed by atoms with Gasteiger partial charge in [0.25, 0.3) is 5.91 Å². The molecule has 0 saturated carbocycles. The number of nitrogens with one attached hydrogen (secondary N) is 2.